The fraction of sp³-hybridized carbons (Fsp3) is 0.600. The molecule has 0 N–H and O–H groups in total. The third-order valence-corrected chi connectivity index (χ3v) is 4.55. The van der Waals surface area contributed by atoms with Crippen LogP contribution < -0.4 is 9.47 Å². The molecule has 0 unspecified atom stereocenters. The van der Waals surface area contributed by atoms with Gasteiger partial charge in [0.15, 0.2) is 0 Å². The average molecular weight is 300 g/mol. The monoisotopic (exact) mass is 300 g/mol. The lowest BCUT2D eigenvalue weighted by Gasteiger charge is -2.31. The van der Waals surface area contributed by atoms with Gasteiger partial charge in [0.05, 0.1) is 6.10 Å². The summed E-state index contributed by atoms with van der Waals surface area (Å²) in [6, 6.07) is 4.35. The summed E-state index contributed by atoms with van der Waals surface area (Å²) in [7, 11) is 0. The van der Waals surface area contributed by atoms with Gasteiger partial charge in [-0.25, -0.2) is 0 Å². The maximum Gasteiger partial charge on any atom is 0.131 e. The Bertz CT molecular complexity index is 584. The van der Waals surface area contributed by atoms with Crippen molar-refractivity contribution in [3.63, 3.8) is 0 Å². The van der Waals surface area contributed by atoms with Crippen LogP contribution in [0.1, 0.15) is 71.4 Å². The van der Waals surface area contributed by atoms with E-state index in [9.17, 15) is 0 Å². The van der Waals surface area contributed by atoms with Gasteiger partial charge in [0.1, 0.15) is 17.1 Å². The molecule has 2 heteroatoms. The Kier molecular flexibility index (Phi) is 3.74. The van der Waals surface area contributed by atoms with Crippen molar-refractivity contribution in [2.75, 3.05) is 0 Å². The van der Waals surface area contributed by atoms with E-state index in [1.807, 2.05) is 0 Å². The summed E-state index contributed by atoms with van der Waals surface area (Å²) < 4.78 is 12.5. The summed E-state index contributed by atoms with van der Waals surface area (Å²) in [6.45, 7) is 10.9. The maximum absolute atomic E-state index is 6.36. The first-order valence-corrected chi connectivity index (χ1v) is 8.48. The highest BCUT2D eigenvalue weighted by molar-refractivity contribution is 5.65. The molecule has 1 aliphatic heterocycles. The van der Waals surface area contributed by atoms with Gasteiger partial charge in [0.25, 0.3) is 0 Å². The van der Waals surface area contributed by atoms with Crippen LogP contribution in [0, 0.1) is 0 Å². The predicted octanol–water partition coefficient (Wildman–Crippen LogP) is 5.49. The van der Waals surface area contributed by atoms with E-state index in [1.165, 1.54) is 31.2 Å². The van der Waals surface area contributed by atoms with Gasteiger partial charge in [-0.1, -0.05) is 26.8 Å². The van der Waals surface area contributed by atoms with Crippen LogP contribution in [0.2, 0.25) is 0 Å². The van der Waals surface area contributed by atoms with Crippen LogP contribution in [-0.4, -0.2) is 11.7 Å². The lowest BCUT2D eigenvalue weighted by molar-refractivity contribution is 0.156. The molecule has 0 amide bonds. The van der Waals surface area contributed by atoms with Crippen molar-refractivity contribution < 1.29 is 9.47 Å². The van der Waals surface area contributed by atoms with Gasteiger partial charge in [-0.05, 0) is 57.1 Å². The highest BCUT2D eigenvalue weighted by Gasteiger charge is 2.28. The second-order valence-corrected chi connectivity index (χ2v) is 8.20. The molecule has 120 valence electrons. The standard InChI is InChI=1S/C20H28O2/c1-19(2,3)16-12-14-10-11-20(4,5)22-17(14)13-18(16)21-15-8-6-7-9-15/h10-13,15H,6-9H2,1-5H3. The minimum absolute atomic E-state index is 0.0593. The Hall–Kier alpha value is -1.44. The molecule has 0 bridgehead atoms. The molecule has 2 nitrogen and oxygen atoms in total. The fourth-order valence-electron chi connectivity index (χ4n) is 3.27. The second-order valence-electron chi connectivity index (χ2n) is 8.20. The molecule has 1 aromatic carbocycles. The van der Waals surface area contributed by atoms with Gasteiger partial charge in [-0.3, -0.25) is 0 Å². The Labute approximate surface area is 134 Å². The van der Waals surface area contributed by atoms with E-state index in [4.69, 9.17) is 9.47 Å². The molecule has 1 saturated carbocycles. The van der Waals surface area contributed by atoms with Gasteiger partial charge in [-0.15, -0.1) is 0 Å². The Morgan fingerprint density at radius 3 is 2.45 bits per heavy atom. The van der Waals surface area contributed by atoms with Crippen molar-refractivity contribution in [1.29, 1.82) is 0 Å². The van der Waals surface area contributed by atoms with E-state index in [0.29, 0.717) is 6.10 Å². The number of hydrogen-bond acceptors (Lipinski definition) is 2. The molecule has 1 aromatic rings. The first-order valence-electron chi connectivity index (χ1n) is 8.48. The third-order valence-electron chi connectivity index (χ3n) is 4.55. The molecule has 0 saturated heterocycles. The van der Waals surface area contributed by atoms with Crippen molar-refractivity contribution in [2.24, 2.45) is 0 Å². The van der Waals surface area contributed by atoms with E-state index >= 15 is 0 Å². The molecule has 1 aliphatic carbocycles. The molecular formula is C20H28O2. The Balaban J connectivity index is 2.01. The third kappa shape index (κ3) is 3.16. The predicted molar refractivity (Wildman–Crippen MR) is 91.8 cm³/mol. The van der Waals surface area contributed by atoms with Crippen molar-refractivity contribution in [2.45, 2.75) is 77.4 Å². The fourth-order valence-corrected chi connectivity index (χ4v) is 3.27. The molecule has 0 aromatic heterocycles. The largest absolute Gasteiger partial charge is 0.490 e. The summed E-state index contributed by atoms with van der Waals surface area (Å²) in [5, 5.41) is 0. The highest BCUT2D eigenvalue weighted by atomic mass is 16.5. The number of fused-ring (bicyclic) bond motifs is 1. The van der Waals surface area contributed by atoms with E-state index in [0.717, 1.165) is 17.1 Å². The van der Waals surface area contributed by atoms with E-state index < -0.39 is 0 Å². The van der Waals surface area contributed by atoms with Gasteiger partial charge in [-0.2, -0.15) is 0 Å². The first kappa shape index (κ1) is 15.5. The molecular weight excluding hydrogens is 272 g/mol. The van der Waals surface area contributed by atoms with Crippen molar-refractivity contribution in [1.82, 2.24) is 0 Å². The zero-order chi connectivity index (χ0) is 16.0. The molecule has 0 atom stereocenters. The number of ether oxygens (including phenoxy) is 2. The molecule has 3 rings (SSSR count). The summed E-state index contributed by atoms with van der Waals surface area (Å²) in [5.41, 5.74) is 2.24. The summed E-state index contributed by atoms with van der Waals surface area (Å²) in [5.74, 6) is 1.94. The minimum Gasteiger partial charge on any atom is -0.490 e. The minimum atomic E-state index is -0.249. The van der Waals surface area contributed by atoms with Crippen LogP contribution in [0.4, 0.5) is 0 Å². The van der Waals surface area contributed by atoms with Crippen molar-refractivity contribution >= 4 is 6.08 Å². The number of rotatable bonds is 2. The van der Waals surface area contributed by atoms with Gasteiger partial charge in [0.2, 0.25) is 0 Å². The van der Waals surface area contributed by atoms with Crippen LogP contribution in [0.15, 0.2) is 18.2 Å². The Morgan fingerprint density at radius 2 is 1.82 bits per heavy atom. The molecule has 0 spiro atoms. The van der Waals surface area contributed by atoms with E-state index in [1.54, 1.807) is 0 Å². The van der Waals surface area contributed by atoms with Crippen LogP contribution in [-0.2, 0) is 5.41 Å². The first-order chi connectivity index (χ1) is 10.2. The van der Waals surface area contributed by atoms with E-state index in [2.05, 4.69) is 58.9 Å². The quantitative estimate of drug-likeness (QED) is 0.719. The highest BCUT2D eigenvalue weighted by Crippen LogP contribution is 2.41. The number of hydrogen-bond donors (Lipinski definition) is 0. The molecule has 2 aliphatic rings. The van der Waals surface area contributed by atoms with Gasteiger partial charge in [0, 0.05) is 17.2 Å². The van der Waals surface area contributed by atoms with Crippen LogP contribution in [0.25, 0.3) is 6.08 Å². The van der Waals surface area contributed by atoms with Gasteiger partial charge >= 0.3 is 0 Å². The normalized spacial score (nSPS) is 20.6. The van der Waals surface area contributed by atoms with Crippen LogP contribution in [0.5, 0.6) is 11.5 Å². The van der Waals surface area contributed by atoms with Gasteiger partial charge < -0.3 is 9.47 Å². The van der Waals surface area contributed by atoms with E-state index in [-0.39, 0.29) is 11.0 Å². The summed E-state index contributed by atoms with van der Waals surface area (Å²) in [4.78, 5) is 0. The van der Waals surface area contributed by atoms with Crippen molar-refractivity contribution in [3.8, 4) is 11.5 Å². The maximum atomic E-state index is 6.36. The molecule has 22 heavy (non-hydrogen) atoms. The molecule has 1 fully saturated rings. The van der Waals surface area contributed by atoms with Crippen LogP contribution >= 0.6 is 0 Å². The lowest BCUT2D eigenvalue weighted by atomic mass is 9.84. The lowest BCUT2D eigenvalue weighted by Crippen LogP contribution is -2.28. The zero-order valence-corrected chi connectivity index (χ0v) is 14.5. The smallest absolute Gasteiger partial charge is 0.131 e. The number of benzene rings is 1. The zero-order valence-electron chi connectivity index (χ0n) is 14.5. The summed E-state index contributed by atoms with van der Waals surface area (Å²) >= 11 is 0. The summed E-state index contributed by atoms with van der Waals surface area (Å²) in [6.07, 6.45) is 9.58. The molecule has 0 radical (unpaired) electrons. The average Bonchev–Trinajstić information content (AvgIpc) is 2.88. The molecule has 1 heterocycles. The topological polar surface area (TPSA) is 18.5 Å². The Morgan fingerprint density at radius 1 is 1.14 bits per heavy atom. The van der Waals surface area contributed by atoms with Crippen LogP contribution in [0.3, 0.4) is 0 Å². The SMILES string of the molecule is CC1(C)C=Cc2cc(C(C)(C)C)c(OC3CCCC3)cc2O1. The van der Waals surface area contributed by atoms with Crippen molar-refractivity contribution in [3.05, 3.63) is 29.3 Å². The second kappa shape index (κ2) is 5.33.